The summed E-state index contributed by atoms with van der Waals surface area (Å²) in [7, 11) is 0. The minimum atomic E-state index is -0.551. The van der Waals surface area contributed by atoms with Crippen molar-refractivity contribution in [3.05, 3.63) is 71.9 Å². The van der Waals surface area contributed by atoms with Crippen LogP contribution in [0.1, 0.15) is 47.6 Å². The summed E-state index contributed by atoms with van der Waals surface area (Å²) in [4.78, 5) is 29.4. The minimum absolute atomic E-state index is 0. The lowest BCUT2D eigenvalue weighted by Gasteiger charge is -2.19. The number of alkyl carbamates (subject to hydrolysis) is 1. The third-order valence-electron chi connectivity index (χ3n) is 6.24. The Morgan fingerprint density at radius 1 is 1.00 bits per heavy atom. The second kappa shape index (κ2) is 9.18. The molecule has 0 unspecified atom stereocenters. The van der Waals surface area contributed by atoms with Crippen LogP contribution in [0.3, 0.4) is 0 Å². The largest absolute Gasteiger partial charge is 0.454 e. The van der Waals surface area contributed by atoms with E-state index in [1.54, 1.807) is 12.3 Å². The standard InChI is InChI=1S/C28H29N3O5.2H2/c1-27(2,3)36-26(33)30-15-18-4-6-19(7-5-18)20-8-11-24(29-16-20)31-25(32)28(12-13-28)21-9-10-22-23(14-21)35-17-34-22;;/h4-11,14,16H,12-13,15,17H2,1-3H3,(H,30,33)(H,29,31,32);2*1H. The van der Waals surface area contributed by atoms with Gasteiger partial charge < -0.3 is 24.8 Å². The van der Waals surface area contributed by atoms with Gasteiger partial charge in [-0.1, -0.05) is 30.3 Å². The molecule has 2 amide bonds. The number of hydrogen-bond donors (Lipinski definition) is 2. The number of fused-ring (bicyclic) bond motifs is 1. The highest BCUT2D eigenvalue weighted by Gasteiger charge is 2.51. The van der Waals surface area contributed by atoms with Gasteiger partial charge in [-0.2, -0.15) is 0 Å². The van der Waals surface area contributed by atoms with Gasteiger partial charge in [0.2, 0.25) is 12.7 Å². The predicted molar refractivity (Wildman–Crippen MR) is 139 cm³/mol. The maximum atomic E-state index is 13.1. The lowest BCUT2D eigenvalue weighted by atomic mass is 9.94. The topological polar surface area (TPSA) is 98.8 Å². The van der Waals surface area contributed by atoms with Gasteiger partial charge in [-0.15, -0.1) is 0 Å². The molecule has 0 radical (unpaired) electrons. The highest BCUT2D eigenvalue weighted by atomic mass is 16.7. The molecule has 190 valence electrons. The molecule has 5 rings (SSSR count). The first-order valence-corrected chi connectivity index (χ1v) is 12.0. The summed E-state index contributed by atoms with van der Waals surface area (Å²) in [6.07, 6.45) is 2.86. The Kier molecular flexibility index (Phi) is 6.04. The molecule has 2 heterocycles. The van der Waals surface area contributed by atoms with Crippen LogP contribution < -0.4 is 20.1 Å². The van der Waals surface area contributed by atoms with E-state index in [-0.39, 0.29) is 15.6 Å². The van der Waals surface area contributed by atoms with Crippen molar-refractivity contribution in [2.75, 3.05) is 12.1 Å². The first kappa shape index (κ1) is 23.7. The van der Waals surface area contributed by atoms with E-state index in [0.29, 0.717) is 23.9 Å². The fraction of sp³-hybridized carbons (Fsp3) is 0.321. The van der Waals surface area contributed by atoms with E-state index < -0.39 is 17.1 Å². The third kappa shape index (κ3) is 5.12. The number of aromatic nitrogens is 1. The van der Waals surface area contributed by atoms with Gasteiger partial charge in [-0.25, -0.2) is 9.78 Å². The van der Waals surface area contributed by atoms with Gasteiger partial charge in [-0.3, -0.25) is 4.79 Å². The molecule has 0 bridgehead atoms. The number of ether oxygens (including phenoxy) is 3. The van der Waals surface area contributed by atoms with Crippen LogP contribution in [0.5, 0.6) is 11.5 Å². The number of anilines is 1. The lowest BCUT2D eigenvalue weighted by Crippen LogP contribution is -2.32. The number of nitrogens with zero attached hydrogens (tertiary/aromatic N) is 1. The average molecular weight is 492 g/mol. The SMILES string of the molecule is CC(C)(C)OC(=O)NCc1ccc(-c2ccc(NC(=O)C3(c4ccc5c(c4)OCO5)CC3)nc2)cc1.[HH].[HH]. The number of nitrogens with one attached hydrogen (secondary N) is 2. The number of carbonyl (C=O) groups excluding carboxylic acids is 2. The number of carbonyl (C=O) groups is 2. The number of benzene rings is 2. The Morgan fingerprint density at radius 2 is 1.72 bits per heavy atom. The fourth-order valence-corrected chi connectivity index (χ4v) is 4.14. The monoisotopic (exact) mass is 491 g/mol. The highest BCUT2D eigenvalue weighted by molar-refractivity contribution is 6.01. The molecular formula is C28H33N3O5. The normalized spacial score (nSPS) is 15.2. The van der Waals surface area contributed by atoms with E-state index in [2.05, 4.69) is 15.6 Å². The molecule has 8 nitrogen and oxygen atoms in total. The van der Waals surface area contributed by atoms with Crippen molar-refractivity contribution in [3.8, 4) is 22.6 Å². The Morgan fingerprint density at radius 3 is 2.39 bits per heavy atom. The Labute approximate surface area is 213 Å². The maximum Gasteiger partial charge on any atom is 0.407 e. The van der Waals surface area contributed by atoms with Gasteiger partial charge in [0.05, 0.1) is 5.41 Å². The summed E-state index contributed by atoms with van der Waals surface area (Å²) < 4.78 is 16.1. The molecule has 3 aromatic rings. The second-order valence-electron chi connectivity index (χ2n) is 10.1. The molecule has 0 spiro atoms. The summed E-state index contributed by atoms with van der Waals surface area (Å²) in [5, 5.41) is 5.72. The lowest BCUT2D eigenvalue weighted by molar-refractivity contribution is -0.118. The summed E-state index contributed by atoms with van der Waals surface area (Å²) in [6, 6.07) is 17.3. The van der Waals surface area contributed by atoms with Crippen molar-refractivity contribution in [2.45, 2.75) is 51.2 Å². The van der Waals surface area contributed by atoms with Crippen LogP contribution in [-0.4, -0.2) is 29.4 Å². The molecule has 1 fully saturated rings. The fourth-order valence-electron chi connectivity index (χ4n) is 4.14. The number of hydrogen-bond acceptors (Lipinski definition) is 6. The van der Waals surface area contributed by atoms with Crippen molar-refractivity contribution < 1.29 is 26.7 Å². The molecule has 0 atom stereocenters. The van der Waals surface area contributed by atoms with Crippen molar-refractivity contribution in [3.63, 3.8) is 0 Å². The van der Waals surface area contributed by atoms with Gasteiger partial charge in [0, 0.05) is 21.2 Å². The first-order valence-electron chi connectivity index (χ1n) is 12.0. The molecule has 1 aliphatic heterocycles. The number of rotatable bonds is 6. The zero-order valence-corrected chi connectivity index (χ0v) is 20.6. The highest BCUT2D eigenvalue weighted by Crippen LogP contribution is 2.51. The molecule has 1 aliphatic carbocycles. The van der Waals surface area contributed by atoms with Crippen molar-refractivity contribution in [1.82, 2.24) is 10.3 Å². The van der Waals surface area contributed by atoms with Crippen LogP contribution in [0.4, 0.5) is 10.6 Å². The average Bonchev–Trinajstić information content (AvgIpc) is 3.53. The van der Waals surface area contributed by atoms with Gasteiger partial charge in [0.15, 0.2) is 11.5 Å². The number of amides is 2. The summed E-state index contributed by atoms with van der Waals surface area (Å²) in [6.45, 7) is 6.07. The Bertz CT molecular complexity index is 1290. The van der Waals surface area contributed by atoms with E-state index in [4.69, 9.17) is 14.2 Å². The van der Waals surface area contributed by atoms with Gasteiger partial charge >= 0.3 is 6.09 Å². The molecular weight excluding hydrogens is 458 g/mol. The Balaban J connectivity index is 0.00000200. The van der Waals surface area contributed by atoms with E-state index in [1.807, 2.05) is 69.3 Å². The van der Waals surface area contributed by atoms with Crippen molar-refractivity contribution in [2.24, 2.45) is 0 Å². The van der Waals surface area contributed by atoms with E-state index in [1.165, 1.54) is 0 Å². The molecule has 2 N–H and O–H groups in total. The van der Waals surface area contributed by atoms with Crippen LogP contribution in [-0.2, 0) is 21.5 Å². The summed E-state index contributed by atoms with van der Waals surface area (Å²) >= 11 is 0. The molecule has 1 aromatic heterocycles. The van der Waals surface area contributed by atoms with Crippen LogP contribution in [0.2, 0.25) is 0 Å². The molecule has 36 heavy (non-hydrogen) atoms. The predicted octanol–water partition coefficient (Wildman–Crippen LogP) is 5.66. The molecule has 8 heteroatoms. The van der Waals surface area contributed by atoms with Crippen molar-refractivity contribution in [1.29, 1.82) is 0 Å². The molecule has 1 saturated carbocycles. The van der Waals surface area contributed by atoms with Crippen LogP contribution in [0.15, 0.2) is 60.8 Å². The van der Waals surface area contributed by atoms with Gasteiger partial charge in [-0.05, 0) is 74.6 Å². The third-order valence-corrected chi connectivity index (χ3v) is 6.24. The quantitative estimate of drug-likeness (QED) is 0.461. The van der Waals surface area contributed by atoms with Crippen LogP contribution >= 0.6 is 0 Å². The summed E-state index contributed by atoms with van der Waals surface area (Å²) in [5.74, 6) is 1.83. The Hall–Kier alpha value is -4.07. The molecule has 0 saturated heterocycles. The first-order chi connectivity index (χ1) is 17.2. The zero-order valence-electron chi connectivity index (χ0n) is 20.6. The number of pyridine rings is 1. The van der Waals surface area contributed by atoms with Gasteiger partial charge in [0.25, 0.3) is 0 Å². The zero-order chi connectivity index (χ0) is 25.3. The van der Waals surface area contributed by atoms with Crippen LogP contribution in [0.25, 0.3) is 11.1 Å². The maximum absolute atomic E-state index is 13.1. The smallest absolute Gasteiger partial charge is 0.407 e. The van der Waals surface area contributed by atoms with E-state index in [0.717, 1.165) is 35.1 Å². The molecule has 2 aliphatic rings. The summed E-state index contributed by atoms with van der Waals surface area (Å²) in [5.41, 5.74) is 2.72. The minimum Gasteiger partial charge on any atom is -0.454 e. The second-order valence-corrected chi connectivity index (χ2v) is 10.1. The van der Waals surface area contributed by atoms with E-state index in [9.17, 15) is 9.59 Å². The molecule has 2 aromatic carbocycles. The van der Waals surface area contributed by atoms with Crippen LogP contribution in [0, 0.1) is 0 Å². The van der Waals surface area contributed by atoms with E-state index >= 15 is 0 Å². The van der Waals surface area contributed by atoms with Gasteiger partial charge in [0.1, 0.15) is 11.4 Å². The van der Waals surface area contributed by atoms with Crippen molar-refractivity contribution >= 4 is 17.8 Å².